The highest BCUT2D eigenvalue weighted by atomic mass is 16.5. The van der Waals surface area contributed by atoms with Crippen molar-refractivity contribution in [2.24, 2.45) is 0 Å². The Morgan fingerprint density at radius 1 is 1.37 bits per heavy atom. The minimum absolute atomic E-state index is 0.0402. The summed E-state index contributed by atoms with van der Waals surface area (Å²) in [6.45, 7) is 6.86. The molecular formula is C16H19NO2. The van der Waals surface area contributed by atoms with Crippen molar-refractivity contribution in [3.63, 3.8) is 0 Å². The van der Waals surface area contributed by atoms with E-state index in [1.807, 2.05) is 24.3 Å². The SMILES string of the molecule is C=CCN1CCC2(CC1)Cc1cc(C=O)ccc1O2. The van der Waals surface area contributed by atoms with Crippen LogP contribution in [0.1, 0.15) is 28.8 Å². The van der Waals surface area contributed by atoms with Crippen molar-refractivity contribution in [1.29, 1.82) is 0 Å². The molecule has 0 bridgehead atoms. The molecule has 3 rings (SSSR count). The fraction of sp³-hybridized carbons (Fsp3) is 0.438. The standard InChI is InChI=1S/C16H19NO2/c1-2-7-17-8-5-16(6-9-17)11-14-10-13(12-18)3-4-15(14)19-16/h2-4,10,12H,1,5-9,11H2. The van der Waals surface area contributed by atoms with Gasteiger partial charge in [-0.2, -0.15) is 0 Å². The van der Waals surface area contributed by atoms with Crippen LogP contribution in [0.3, 0.4) is 0 Å². The summed E-state index contributed by atoms with van der Waals surface area (Å²) < 4.78 is 6.19. The van der Waals surface area contributed by atoms with Crippen LogP contribution in [-0.2, 0) is 6.42 Å². The number of aldehydes is 1. The van der Waals surface area contributed by atoms with Gasteiger partial charge in [0.25, 0.3) is 0 Å². The second-order valence-corrected chi connectivity index (χ2v) is 5.54. The molecule has 1 aromatic rings. The Morgan fingerprint density at radius 3 is 2.84 bits per heavy atom. The molecule has 0 unspecified atom stereocenters. The van der Waals surface area contributed by atoms with Crippen LogP contribution < -0.4 is 4.74 Å². The van der Waals surface area contributed by atoms with Gasteiger partial charge in [0, 0.05) is 44.5 Å². The maximum absolute atomic E-state index is 10.8. The van der Waals surface area contributed by atoms with Gasteiger partial charge >= 0.3 is 0 Å². The Hall–Kier alpha value is -1.61. The van der Waals surface area contributed by atoms with Gasteiger partial charge in [-0.3, -0.25) is 9.69 Å². The fourth-order valence-electron chi connectivity index (χ4n) is 3.13. The number of fused-ring (bicyclic) bond motifs is 1. The van der Waals surface area contributed by atoms with Gasteiger partial charge in [0.1, 0.15) is 17.6 Å². The maximum atomic E-state index is 10.8. The molecule has 0 N–H and O–H groups in total. The first-order valence-corrected chi connectivity index (χ1v) is 6.85. The number of likely N-dealkylation sites (tertiary alicyclic amines) is 1. The van der Waals surface area contributed by atoms with E-state index in [-0.39, 0.29) is 5.60 Å². The van der Waals surface area contributed by atoms with E-state index >= 15 is 0 Å². The van der Waals surface area contributed by atoms with E-state index in [4.69, 9.17) is 4.74 Å². The minimum Gasteiger partial charge on any atom is -0.487 e. The van der Waals surface area contributed by atoms with Crippen LogP contribution in [0.25, 0.3) is 0 Å². The molecule has 0 amide bonds. The minimum atomic E-state index is -0.0402. The molecule has 2 aliphatic heterocycles. The molecule has 1 saturated heterocycles. The quantitative estimate of drug-likeness (QED) is 0.615. The number of hydrogen-bond acceptors (Lipinski definition) is 3. The summed E-state index contributed by atoms with van der Waals surface area (Å²) in [5, 5.41) is 0. The lowest BCUT2D eigenvalue weighted by atomic mass is 9.87. The molecule has 1 spiro atoms. The van der Waals surface area contributed by atoms with Crippen molar-refractivity contribution in [3.8, 4) is 5.75 Å². The van der Waals surface area contributed by atoms with Crippen molar-refractivity contribution >= 4 is 6.29 Å². The zero-order chi connectivity index (χ0) is 13.3. The van der Waals surface area contributed by atoms with Gasteiger partial charge in [-0.15, -0.1) is 6.58 Å². The van der Waals surface area contributed by atoms with E-state index in [9.17, 15) is 4.79 Å². The first-order valence-electron chi connectivity index (χ1n) is 6.85. The normalized spacial score (nSPS) is 20.8. The molecule has 0 aliphatic carbocycles. The lowest BCUT2D eigenvalue weighted by Crippen LogP contribution is -2.47. The third kappa shape index (κ3) is 2.30. The summed E-state index contributed by atoms with van der Waals surface area (Å²) >= 11 is 0. The van der Waals surface area contributed by atoms with E-state index in [0.29, 0.717) is 0 Å². The van der Waals surface area contributed by atoms with Gasteiger partial charge in [0.15, 0.2) is 0 Å². The summed E-state index contributed by atoms with van der Waals surface area (Å²) in [7, 11) is 0. The van der Waals surface area contributed by atoms with Gasteiger partial charge in [0.2, 0.25) is 0 Å². The Labute approximate surface area is 113 Å². The molecule has 3 heteroatoms. The van der Waals surface area contributed by atoms with E-state index in [1.54, 1.807) is 0 Å². The number of rotatable bonds is 3. The summed E-state index contributed by atoms with van der Waals surface area (Å²) in [5.74, 6) is 0.961. The number of ether oxygens (including phenoxy) is 1. The third-order valence-electron chi connectivity index (χ3n) is 4.21. The van der Waals surface area contributed by atoms with Gasteiger partial charge in [-0.1, -0.05) is 6.08 Å². The first-order chi connectivity index (χ1) is 9.24. The number of piperidine rings is 1. The van der Waals surface area contributed by atoms with Crippen LogP contribution >= 0.6 is 0 Å². The number of hydrogen-bond donors (Lipinski definition) is 0. The molecule has 2 heterocycles. The van der Waals surface area contributed by atoms with Crippen LogP contribution in [0, 0.1) is 0 Å². The van der Waals surface area contributed by atoms with E-state index in [2.05, 4.69) is 11.5 Å². The Balaban J connectivity index is 1.73. The highest BCUT2D eigenvalue weighted by molar-refractivity contribution is 5.75. The maximum Gasteiger partial charge on any atom is 0.150 e. The van der Waals surface area contributed by atoms with Gasteiger partial charge < -0.3 is 4.74 Å². The molecule has 0 aromatic heterocycles. The largest absolute Gasteiger partial charge is 0.487 e. The van der Waals surface area contributed by atoms with E-state index in [1.165, 1.54) is 5.56 Å². The van der Waals surface area contributed by atoms with Crippen molar-refractivity contribution in [1.82, 2.24) is 4.90 Å². The number of benzene rings is 1. The highest BCUT2D eigenvalue weighted by Gasteiger charge is 2.41. The van der Waals surface area contributed by atoms with Crippen molar-refractivity contribution in [3.05, 3.63) is 42.0 Å². The van der Waals surface area contributed by atoms with Crippen molar-refractivity contribution in [2.45, 2.75) is 24.9 Å². The summed E-state index contributed by atoms with van der Waals surface area (Å²) in [4.78, 5) is 13.2. The lowest BCUT2D eigenvalue weighted by molar-refractivity contribution is 0.0229. The van der Waals surface area contributed by atoms with Crippen LogP contribution in [0.2, 0.25) is 0 Å². The molecule has 1 aromatic carbocycles. The van der Waals surface area contributed by atoms with Gasteiger partial charge in [-0.05, 0) is 23.8 Å². The Morgan fingerprint density at radius 2 is 2.16 bits per heavy atom. The molecule has 0 saturated carbocycles. The van der Waals surface area contributed by atoms with Gasteiger partial charge in [0.05, 0.1) is 0 Å². The Kier molecular flexibility index (Phi) is 3.15. The molecular weight excluding hydrogens is 238 g/mol. The van der Waals surface area contributed by atoms with Crippen LogP contribution in [-0.4, -0.2) is 36.4 Å². The van der Waals surface area contributed by atoms with Gasteiger partial charge in [-0.25, -0.2) is 0 Å². The number of nitrogens with zero attached hydrogens (tertiary/aromatic N) is 1. The predicted molar refractivity (Wildman–Crippen MR) is 74.8 cm³/mol. The van der Waals surface area contributed by atoms with E-state index < -0.39 is 0 Å². The van der Waals surface area contributed by atoms with E-state index in [0.717, 1.165) is 56.5 Å². The monoisotopic (exact) mass is 257 g/mol. The highest BCUT2D eigenvalue weighted by Crippen LogP contribution is 2.41. The zero-order valence-corrected chi connectivity index (χ0v) is 11.1. The zero-order valence-electron chi connectivity index (χ0n) is 11.1. The van der Waals surface area contributed by atoms with Crippen LogP contribution in [0.5, 0.6) is 5.75 Å². The molecule has 2 aliphatic rings. The first kappa shape index (κ1) is 12.4. The molecule has 0 atom stereocenters. The molecule has 100 valence electrons. The molecule has 19 heavy (non-hydrogen) atoms. The summed E-state index contributed by atoms with van der Waals surface area (Å²) in [5.41, 5.74) is 1.88. The third-order valence-corrected chi connectivity index (χ3v) is 4.21. The van der Waals surface area contributed by atoms with Crippen molar-refractivity contribution < 1.29 is 9.53 Å². The second-order valence-electron chi connectivity index (χ2n) is 5.54. The van der Waals surface area contributed by atoms with Crippen molar-refractivity contribution in [2.75, 3.05) is 19.6 Å². The summed E-state index contributed by atoms with van der Waals surface area (Å²) in [6, 6.07) is 5.73. The molecule has 3 nitrogen and oxygen atoms in total. The summed E-state index contributed by atoms with van der Waals surface area (Å²) in [6.07, 6.45) is 5.89. The smallest absolute Gasteiger partial charge is 0.150 e. The number of carbonyl (C=O) groups excluding carboxylic acids is 1. The molecule has 0 radical (unpaired) electrons. The number of carbonyl (C=O) groups is 1. The predicted octanol–water partition coefficient (Wildman–Crippen LogP) is 2.45. The fourth-order valence-corrected chi connectivity index (χ4v) is 3.13. The average molecular weight is 257 g/mol. The van der Waals surface area contributed by atoms with Crippen LogP contribution in [0.15, 0.2) is 30.9 Å². The molecule has 1 fully saturated rings. The topological polar surface area (TPSA) is 29.5 Å². The lowest BCUT2D eigenvalue weighted by Gasteiger charge is -2.38. The Bertz CT molecular complexity index is 501. The average Bonchev–Trinajstić information content (AvgIpc) is 2.78. The second kappa shape index (κ2) is 4.82. The van der Waals surface area contributed by atoms with Crippen LogP contribution in [0.4, 0.5) is 0 Å².